The number of amides is 1. The van der Waals surface area contributed by atoms with Gasteiger partial charge in [0.25, 0.3) is 11.5 Å². The second-order valence-corrected chi connectivity index (χ2v) is 5.03. The van der Waals surface area contributed by atoms with Gasteiger partial charge in [-0.15, -0.1) is 0 Å². The van der Waals surface area contributed by atoms with Crippen LogP contribution in [0.2, 0.25) is 0 Å². The number of H-pyrrole nitrogens is 1. The number of nitrogens with zero attached hydrogens (tertiary/aromatic N) is 1. The minimum absolute atomic E-state index is 0.0460. The molecule has 1 aliphatic heterocycles. The Bertz CT molecular complexity index is 486. The number of aromatic amines is 1. The third-order valence-corrected chi connectivity index (χ3v) is 3.35. The van der Waals surface area contributed by atoms with Crippen molar-refractivity contribution in [2.45, 2.75) is 13.0 Å². The van der Waals surface area contributed by atoms with Gasteiger partial charge in [0.05, 0.1) is 10.0 Å². The lowest BCUT2D eigenvalue weighted by atomic mass is 10.2. The number of rotatable bonds is 1. The van der Waals surface area contributed by atoms with Crippen LogP contribution in [0.4, 0.5) is 0 Å². The first-order valence-corrected chi connectivity index (χ1v) is 6.28. The third kappa shape index (κ3) is 2.76. The third-order valence-electron chi connectivity index (χ3n) is 2.76. The fourth-order valence-electron chi connectivity index (χ4n) is 1.88. The minimum Gasteiger partial charge on any atom is -0.336 e. The van der Waals surface area contributed by atoms with Crippen molar-refractivity contribution < 1.29 is 4.79 Å². The maximum absolute atomic E-state index is 12.2. The van der Waals surface area contributed by atoms with E-state index in [2.05, 4.69) is 26.2 Å². The summed E-state index contributed by atoms with van der Waals surface area (Å²) in [6, 6.07) is 1.87. The molecule has 1 aromatic rings. The van der Waals surface area contributed by atoms with Crippen molar-refractivity contribution in [3.63, 3.8) is 0 Å². The summed E-state index contributed by atoms with van der Waals surface area (Å²) in [7, 11) is 0. The molecule has 2 rings (SSSR count). The molecular weight excluding hydrogens is 286 g/mol. The Morgan fingerprint density at radius 3 is 3.00 bits per heavy atom. The Balaban J connectivity index is 2.18. The Hall–Kier alpha value is -1.14. The molecule has 0 saturated carbocycles. The molecule has 0 spiro atoms. The number of hydrogen-bond acceptors (Lipinski definition) is 3. The Labute approximate surface area is 107 Å². The van der Waals surface area contributed by atoms with Crippen LogP contribution >= 0.6 is 15.9 Å². The first kappa shape index (κ1) is 12.3. The first-order valence-electron chi connectivity index (χ1n) is 5.49. The summed E-state index contributed by atoms with van der Waals surface area (Å²) in [5.74, 6) is -0.0460. The van der Waals surface area contributed by atoms with Crippen LogP contribution in [0.5, 0.6) is 0 Å². The molecule has 1 amide bonds. The second kappa shape index (κ2) is 5.01. The fourth-order valence-corrected chi connectivity index (χ4v) is 2.24. The van der Waals surface area contributed by atoms with E-state index in [1.54, 1.807) is 11.0 Å². The fraction of sp³-hybridized carbons (Fsp3) is 0.455. The van der Waals surface area contributed by atoms with Crippen molar-refractivity contribution in [3.05, 3.63) is 32.7 Å². The maximum atomic E-state index is 12.2. The number of piperazine rings is 1. The van der Waals surface area contributed by atoms with Gasteiger partial charge in [-0.1, -0.05) is 0 Å². The summed E-state index contributed by atoms with van der Waals surface area (Å²) < 4.78 is 0.381. The van der Waals surface area contributed by atoms with Crippen LogP contribution in [0.25, 0.3) is 0 Å². The standard InChI is InChI=1S/C11H14BrN3O2/c1-7-6-15(3-2-13-7)11(17)8-4-9(12)10(16)14-5-8/h4-5,7,13H,2-3,6H2,1H3,(H,14,16)/t7-/m1/s1. The smallest absolute Gasteiger partial charge is 0.262 e. The maximum Gasteiger partial charge on any atom is 0.262 e. The predicted octanol–water partition coefficient (Wildman–Crippen LogP) is 0.571. The van der Waals surface area contributed by atoms with Gasteiger partial charge in [0.2, 0.25) is 0 Å². The van der Waals surface area contributed by atoms with E-state index in [1.165, 1.54) is 6.20 Å². The molecule has 2 heterocycles. The number of aromatic nitrogens is 1. The number of nitrogens with one attached hydrogen (secondary N) is 2. The largest absolute Gasteiger partial charge is 0.336 e. The van der Waals surface area contributed by atoms with E-state index in [-0.39, 0.29) is 11.5 Å². The normalized spacial score (nSPS) is 20.4. The Kier molecular flexibility index (Phi) is 3.63. The highest BCUT2D eigenvalue weighted by Gasteiger charge is 2.21. The van der Waals surface area contributed by atoms with Crippen LogP contribution in [0, 0.1) is 0 Å². The van der Waals surface area contributed by atoms with Crippen molar-refractivity contribution in [1.29, 1.82) is 0 Å². The van der Waals surface area contributed by atoms with Crippen LogP contribution in [0.1, 0.15) is 17.3 Å². The highest BCUT2D eigenvalue weighted by Crippen LogP contribution is 2.10. The van der Waals surface area contributed by atoms with E-state index in [1.807, 2.05) is 6.92 Å². The topological polar surface area (TPSA) is 65.2 Å². The van der Waals surface area contributed by atoms with E-state index >= 15 is 0 Å². The number of pyridine rings is 1. The van der Waals surface area contributed by atoms with Crippen LogP contribution in [0.15, 0.2) is 21.5 Å². The molecule has 6 heteroatoms. The van der Waals surface area contributed by atoms with Crippen LogP contribution in [0.3, 0.4) is 0 Å². The van der Waals surface area contributed by atoms with E-state index < -0.39 is 0 Å². The van der Waals surface area contributed by atoms with Crippen LogP contribution in [-0.4, -0.2) is 41.5 Å². The van der Waals surface area contributed by atoms with Crippen LogP contribution < -0.4 is 10.9 Å². The average molecular weight is 300 g/mol. The highest BCUT2D eigenvalue weighted by molar-refractivity contribution is 9.10. The molecule has 1 fully saturated rings. The van der Waals surface area contributed by atoms with Gasteiger partial charge in [0.1, 0.15) is 0 Å². The van der Waals surface area contributed by atoms with Gasteiger partial charge in [-0.05, 0) is 28.9 Å². The van der Waals surface area contributed by atoms with E-state index in [9.17, 15) is 9.59 Å². The molecule has 0 radical (unpaired) electrons. The molecule has 92 valence electrons. The first-order chi connectivity index (χ1) is 8.08. The number of carbonyl (C=O) groups excluding carboxylic acids is 1. The summed E-state index contributed by atoms with van der Waals surface area (Å²) in [5, 5.41) is 3.28. The molecule has 0 unspecified atom stereocenters. The monoisotopic (exact) mass is 299 g/mol. The summed E-state index contributed by atoms with van der Waals surface area (Å²) >= 11 is 3.12. The zero-order valence-corrected chi connectivity index (χ0v) is 11.1. The lowest BCUT2D eigenvalue weighted by molar-refractivity contribution is 0.0708. The summed E-state index contributed by atoms with van der Waals surface area (Å²) in [5.41, 5.74) is 0.279. The van der Waals surface area contributed by atoms with Gasteiger partial charge in [-0.25, -0.2) is 0 Å². The van der Waals surface area contributed by atoms with Crippen molar-refractivity contribution in [2.75, 3.05) is 19.6 Å². The van der Waals surface area contributed by atoms with Gasteiger partial charge in [-0.2, -0.15) is 0 Å². The molecule has 5 nitrogen and oxygen atoms in total. The highest BCUT2D eigenvalue weighted by atomic mass is 79.9. The SMILES string of the molecule is C[C@@H]1CN(C(=O)c2c[nH]c(=O)c(Br)c2)CCN1. The van der Waals surface area contributed by atoms with E-state index in [0.29, 0.717) is 29.2 Å². The summed E-state index contributed by atoms with van der Waals surface area (Å²) in [6.07, 6.45) is 1.46. The molecule has 1 aliphatic rings. The minimum atomic E-state index is -0.227. The number of hydrogen-bond donors (Lipinski definition) is 2. The van der Waals surface area contributed by atoms with E-state index in [0.717, 1.165) is 6.54 Å². The lowest BCUT2D eigenvalue weighted by Gasteiger charge is -2.31. The predicted molar refractivity (Wildman–Crippen MR) is 68.1 cm³/mol. The Morgan fingerprint density at radius 1 is 1.59 bits per heavy atom. The number of carbonyl (C=O) groups is 1. The average Bonchev–Trinajstić information content (AvgIpc) is 2.32. The molecular formula is C11H14BrN3O2. The van der Waals surface area contributed by atoms with Crippen molar-refractivity contribution >= 4 is 21.8 Å². The van der Waals surface area contributed by atoms with Gasteiger partial charge in [0.15, 0.2) is 0 Å². The molecule has 0 aliphatic carbocycles. The van der Waals surface area contributed by atoms with Gasteiger partial charge in [0, 0.05) is 31.9 Å². The van der Waals surface area contributed by atoms with Crippen molar-refractivity contribution in [3.8, 4) is 0 Å². The van der Waals surface area contributed by atoms with Gasteiger partial charge >= 0.3 is 0 Å². The molecule has 1 atom stereocenters. The molecule has 1 saturated heterocycles. The van der Waals surface area contributed by atoms with Gasteiger partial charge in [-0.3, -0.25) is 9.59 Å². The summed E-state index contributed by atoms with van der Waals surface area (Å²) in [4.78, 5) is 27.7. The lowest BCUT2D eigenvalue weighted by Crippen LogP contribution is -2.51. The van der Waals surface area contributed by atoms with Gasteiger partial charge < -0.3 is 15.2 Å². The van der Waals surface area contributed by atoms with Crippen molar-refractivity contribution in [2.24, 2.45) is 0 Å². The zero-order valence-electron chi connectivity index (χ0n) is 9.50. The molecule has 2 N–H and O–H groups in total. The molecule has 0 bridgehead atoms. The molecule has 17 heavy (non-hydrogen) atoms. The number of halogens is 1. The quantitative estimate of drug-likeness (QED) is 0.797. The zero-order chi connectivity index (χ0) is 12.4. The van der Waals surface area contributed by atoms with Crippen LogP contribution in [-0.2, 0) is 0 Å². The van der Waals surface area contributed by atoms with Crippen molar-refractivity contribution in [1.82, 2.24) is 15.2 Å². The molecule has 1 aromatic heterocycles. The molecule has 0 aromatic carbocycles. The summed E-state index contributed by atoms with van der Waals surface area (Å²) in [6.45, 7) is 4.23. The Morgan fingerprint density at radius 2 is 2.35 bits per heavy atom. The van der Waals surface area contributed by atoms with E-state index in [4.69, 9.17) is 0 Å². The second-order valence-electron chi connectivity index (χ2n) is 4.17.